The molecule has 0 aliphatic rings. The van der Waals surface area contributed by atoms with E-state index in [2.05, 4.69) is 0 Å². The molecule has 0 aliphatic heterocycles. The quantitative estimate of drug-likeness (QED) is 0.183. The summed E-state index contributed by atoms with van der Waals surface area (Å²) in [6, 6.07) is -25.9. The second-order valence-electron chi connectivity index (χ2n) is 9.51. The maximum Gasteiger partial charge on any atom is 0.136 e. The highest BCUT2D eigenvalue weighted by Crippen LogP contribution is 2.44. The van der Waals surface area contributed by atoms with E-state index in [4.69, 9.17) is 29.1 Å². The molecule has 1 heterocycles. The molecule has 0 bridgehead atoms. The van der Waals surface area contributed by atoms with Gasteiger partial charge in [-0.1, -0.05) is 139 Å². The minimum absolute atomic E-state index is 0.547. The van der Waals surface area contributed by atoms with E-state index in [1.807, 2.05) is 0 Å². The van der Waals surface area contributed by atoms with Crippen LogP contribution >= 0.6 is 0 Å². The predicted octanol–water partition coefficient (Wildman–Crippen LogP) is 12.6. The van der Waals surface area contributed by atoms with Crippen molar-refractivity contribution in [1.82, 2.24) is 0 Å². The zero-order chi connectivity index (χ0) is 54.1. The van der Waals surface area contributed by atoms with Gasteiger partial charge in [-0.2, -0.15) is 0 Å². The predicted molar refractivity (Wildman–Crippen MR) is 190 cm³/mol. The lowest BCUT2D eigenvalue weighted by atomic mass is 9.86. The fraction of sp³-hybridized carbons (Fsp3) is 0. The van der Waals surface area contributed by atoms with Gasteiger partial charge in [-0.3, -0.25) is 0 Å². The highest BCUT2D eigenvalue weighted by Gasteiger charge is 2.18. The topological polar surface area (TPSA) is 13.1 Å². The Bertz CT molecular complexity index is 3980. The molecular weight excluding hydrogens is 544 g/mol. The van der Waals surface area contributed by atoms with Crippen molar-refractivity contribution in [2.75, 3.05) is 0 Å². The molecule has 0 saturated carbocycles. The van der Waals surface area contributed by atoms with Crippen LogP contribution in [0.1, 0.15) is 38.4 Å². The van der Waals surface area contributed by atoms with Crippen molar-refractivity contribution >= 4 is 43.5 Å². The van der Waals surface area contributed by atoms with Crippen molar-refractivity contribution in [3.05, 3.63) is 169 Å². The van der Waals surface area contributed by atoms with Crippen LogP contribution in [0.15, 0.2) is 174 Å². The summed E-state index contributed by atoms with van der Waals surface area (Å²) in [6.07, 6.45) is 0. The zero-order valence-electron chi connectivity index (χ0n) is 50.4. The Labute approximate surface area is 301 Å². The van der Waals surface area contributed by atoms with Crippen LogP contribution in [-0.2, 0) is 0 Å². The van der Waals surface area contributed by atoms with Crippen molar-refractivity contribution < 1.29 is 42.8 Å². The van der Waals surface area contributed by atoms with Gasteiger partial charge in [0.15, 0.2) is 0 Å². The molecular formula is C44H28O. The summed E-state index contributed by atoms with van der Waals surface area (Å²) < 4.78 is 254. The first-order valence-electron chi connectivity index (χ1n) is 27.2. The van der Waals surface area contributed by atoms with E-state index < -0.39 is 257 Å². The number of benzene rings is 8. The molecule has 0 fully saturated rings. The summed E-state index contributed by atoms with van der Waals surface area (Å²) in [5.41, 5.74) is -7.34. The monoisotopic (exact) mass is 600 g/mol. The van der Waals surface area contributed by atoms with Crippen LogP contribution in [0.2, 0.25) is 0 Å². The highest BCUT2D eigenvalue weighted by atomic mass is 16.3. The van der Waals surface area contributed by atoms with Gasteiger partial charge in [-0.25, -0.2) is 0 Å². The molecule has 0 spiro atoms. The SMILES string of the molecule is [2H]c1c([2H])c([2H])c(-c2c([2H])c([2H])c([2H])c(-c3c([2H])c([2H])c4c(oc5c([2H])c(-c6c7c([2H])c([2H])c([2H])c([2H])c7c(-c7c([2H])c([2H])c([2H])c([2H])c7[2H])c7c([2H])c([2H])c([2H])c([2H])c67)c([2H])c([2H])c54)c3[2H])c2[2H])c([2H])c1[2H]. The van der Waals surface area contributed by atoms with Crippen LogP contribution in [-0.4, -0.2) is 0 Å². The average Bonchev–Trinajstić information content (AvgIpc) is 3.77. The largest absolute Gasteiger partial charge is 0.456 e. The van der Waals surface area contributed by atoms with Gasteiger partial charge in [0.1, 0.15) is 11.2 Å². The number of furan rings is 1. The van der Waals surface area contributed by atoms with E-state index in [0.717, 1.165) is 0 Å². The standard InChI is InChI=1S/C44H28O/c1-3-12-29(13-4-1)31-16-11-17-32(26-31)33-22-24-35-36-25-23-34(28-42(36)45-41(35)27-33)44-39-20-9-7-18-37(39)43(30-14-5-2-6-15-30)38-19-8-10-21-40(38)44/h1-28H/i1D,2D,3D,4D,5D,6D,7D,8D,9D,10D,11D,12D,13D,14D,15D,16D,17D,18D,19D,20D,21D,22D,23D,24D,25D,26D,27D,28D. The first kappa shape index (κ1) is 10.1. The van der Waals surface area contributed by atoms with Crippen LogP contribution in [0.3, 0.4) is 0 Å². The van der Waals surface area contributed by atoms with E-state index in [1.54, 1.807) is 0 Å². The fourth-order valence-electron chi connectivity index (χ4n) is 5.10. The molecule has 210 valence electrons. The molecule has 0 N–H and O–H groups in total. The van der Waals surface area contributed by atoms with Gasteiger partial charge in [0.25, 0.3) is 0 Å². The van der Waals surface area contributed by atoms with Crippen LogP contribution in [0.25, 0.3) is 88.0 Å². The summed E-state index contributed by atoms with van der Waals surface area (Å²) in [5, 5.41) is -3.83. The van der Waals surface area contributed by atoms with Crippen molar-refractivity contribution in [3.8, 4) is 44.5 Å². The Morgan fingerprint density at radius 3 is 1.27 bits per heavy atom. The summed E-state index contributed by atoms with van der Waals surface area (Å²) in [5.74, 6) is 0. The molecule has 1 aromatic heterocycles. The van der Waals surface area contributed by atoms with E-state index in [-0.39, 0.29) is 0 Å². The smallest absolute Gasteiger partial charge is 0.136 e. The average molecular weight is 601 g/mol. The third-order valence-corrected chi connectivity index (χ3v) is 7.01. The molecule has 45 heavy (non-hydrogen) atoms. The van der Waals surface area contributed by atoms with Gasteiger partial charge in [-0.05, 0) is 96.3 Å². The van der Waals surface area contributed by atoms with Crippen LogP contribution < -0.4 is 0 Å². The van der Waals surface area contributed by atoms with E-state index in [1.165, 1.54) is 0 Å². The number of hydrogen-bond acceptors (Lipinski definition) is 1. The third kappa shape index (κ3) is 4.24. The molecule has 9 rings (SSSR count). The van der Waals surface area contributed by atoms with Crippen LogP contribution in [0.4, 0.5) is 0 Å². The number of rotatable bonds is 4. The lowest BCUT2D eigenvalue weighted by Gasteiger charge is -2.17. The molecule has 1 heteroatoms. The number of hydrogen-bond donors (Lipinski definition) is 0. The van der Waals surface area contributed by atoms with E-state index in [9.17, 15) is 13.7 Å². The lowest BCUT2D eigenvalue weighted by molar-refractivity contribution is 0.669. The second kappa shape index (κ2) is 10.4. The van der Waals surface area contributed by atoms with Crippen molar-refractivity contribution in [3.63, 3.8) is 0 Å². The third-order valence-electron chi connectivity index (χ3n) is 7.01. The second-order valence-corrected chi connectivity index (χ2v) is 9.51. The van der Waals surface area contributed by atoms with Crippen molar-refractivity contribution in [1.29, 1.82) is 0 Å². The molecule has 0 aliphatic carbocycles. The molecule has 0 saturated heterocycles. The first-order valence-corrected chi connectivity index (χ1v) is 13.2. The minimum atomic E-state index is -0.991. The normalized spacial score (nSPS) is 20.3. The van der Waals surface area contributed by atoms with E-state index in [0.29, 0.717) is 0 Å². The maximum absolute atomic E-state index is 9.68. The zero-order valence-corrected chi connectivity index (χ0v) is 22.4. The van der Waals surface area contributed by atoms with E-state index >= 15 is 0 Å². The molecule has 8 aromatic carbocycles. The molecule has 0 radical (unpaired) electrons. The van der Waals surface area contributed by atoms with Gasteiger partial charge >= 0.3 is 0 Å². The molecule has 0 atom stereocenters. The van der Waals surface area contributed by atoms with Crippen molar-refractivity contribution in [2.24, 2.45) is 0 Å². The Hall–Kier alpha value is -5.92. The van der Waals surface area contributed by atoms with Crippen molar-refractivity contribution in [2.45, 2.75) is 0 Å². The molecule has 1 nitrogen and oxygen atoms in total. The Kier molecular flexibility index (Phi) is 2.32. The minimum Gasteiger partial charge on any atom is -0.456 e. The summed E-state index contributed by atoms with van der Waals surface area (Å²) >= 11 is 0. The van der Waals surface area contributed by atoms with Gasteiger partial charge in [0.05, 0.1) is 38.4 Å². The Morgan fingerprint density at radius 2 is 0.689 bits per heavy atom. The maximum atomic E-state index is 9.68. The lowest BCUT2D eigenvalue weighted by Crippen LogP contribution is -1.90. The summed E-state index contributed by atoms with van der Waals surface area (Å²) in [6.45, 7) is 0. The highest BCUT2D eigenvalue weighted by molar-refractivity contribution is 6.22. The van der Waals surface area contributed by atoms with Gasteiger partial charge < -0.3 is 4.42 Å². The van der Waals surface area contributed by atoms with Crippen LogP contribution in [0, 0.1) is 0 Å². The Morgan fingerprint density at radius 1 is 0.289 bits per heavy atom. The summed E-state index contributed by atoms with van der Waals surface area (Å²) in [7, 11) is 0. The fourth-order valence-corrected chi connectivity index (χ4v) is 5.10. The summed E-state index contributed by atoms with van der Waals surface area (Å²) in [4.78, 5) is 0. The molecule has 0 unspecified atom stereocenters. The molecule has 9 aromatic rings. The van der Waals surface area contributed by atoms with Crippen LogP contribution in [0.5, 0.6) is 0 Å². The van der Waals surface area contributed by atoms with Gasteiger partial charge in [0.2, 0.25) is 0 Å². The first-order chi connectivity index (χ1) is 34.0. The van der Waals surface area contributed by atoms with Gasteiger partial charge in [-0.15, -0.1) is 0 Å². The number of fused-ring (bicyclic) bond motifs is 5. The van der Waals surface area contributed by atoms with Gasteiger partial charge in [0, 0.05) is 10.8 Å². The molecule has 0 amide bonds. The Balaban J connectivity index is 1.48.